The van der Waals surface area contributed by atoms with Crippen molar-refractivity contribution in [3.8, 4) is 5.75 Å². The molecule has 5 rings (SSSR count). The van der Waals surface area contributed by atoms with Crippen LogP contribution in [0.25, 0.3) is 11.0 Å². The Bertz CT molecular complexity index is 1240. The number of carbonyl (C=O) groups excluding carboxylic acids is 3. The molecule has 1 saturated heterocycles. The number of rotatable bonds is 4. The van der Waals surface area contributed by atoms with E-state index in [2.05, 4.69) is 31.5 Å². The number of urea groups is 1. The molecule has 0 spiro atoms. The third-order valence-corrected chi connectivity index (χ3v) is 5.93. The lowest BCUT2D eigenvalue weighted by atomic mass is 9.95. The third kappa shape index (κ3) is 2.67. The number of imide groups is 1. The molecule has 2 aliphatic heterocycles. The van der Waals surface area contributed by atoms with Crippen molar-refractivity contribution in [2.75, 3.05) is 13.7 Å². The summed E-state index contributed by atoms with van der Waals surface area (Å²) in [5, 5.41) is 5.58. The Balaban J connectivity index is 1.56. The number of pyridine rings is 1. The average Bonchev–Trinajstić information content (AvgIpc) is 3.38. The quantitative estimate of drug-likeness (QED) is 0.565. The number of nitrogens with one attached hydrogen (secondary N) is 2. The molecule has 2 N–H and O–H groups in total. The fourth-order valence-electron chi connectivity index (χ4n) is 3.88. The van der Waals surface area contributed by atoms with Crippen molar-refractivity contribution in [1.82, 2.24) is 20.5 Å². The molecule has 2 aromatic heterocycles. The van der Waals surface area contributed by atoms with E-state index in [1.54, 1.807) is 30.6 Å². The lowest BCUT2D eigenvalue weighted by molar-refractivity contribution is -0.125. The predicted molar refractivity (Wildman–Crippen MR) is 108 cm³/mol. The van der Waals surface area contributed by atoms with Crippen LogP contribution in [-0.2, 0) is 16.9 Å². The van der Waals surface area contributed by atoms with Crippen molar-refractivity contribution in [2.24, 2.45) is 0 Å². The van der Waals surface area contributed by atoms with Crippen LogP contribution in [0.2, 0.25) is 0 Å². The molecule has 9 nitrogen and oxygen atoms in total. The van der Waals surface area contributed by atoms with E-state index in [1.165, 1.54) is 12.0 Å². The molecule has 30 heavy (non-hydrogen) atoms. The van der Waals surface area contributed by atoms with E-state index in [9.17, 15) is 14.4 Å². The Morgan fingerprint density at radius 1 is 1.27 bits per heavy atom. The second kappa shape index (κ2) is 6.56. The number of halogens is 1. The Morgan fingerprint density at radius 3 is 2.80 bits per heavy atom. The molecule has 2 aliphatic rings. The van der Waals surface area contributed by atoms with Gasteiger partial charge in [0.1, 0.15) is 11.5 Å². The number of furan rings is 1. The van der Waals surface area contributed by atoms with E-state index in [0.717, 1.165) is 5.56 Å². The maximum atomic E-state index is 13.0. The summed E-state index contributed by atoms with van der Waals surface area (Å²) in [6.07, 6.45) is 3.17. The lowest BCUT2D eigenvalue weighted by Crippen LogP contribution is -2.52. The van der Waals surface area contributed by atoms with Gasteiger partial charge in [-0.1, -0.05) is 6.07 Å². The van der Waals surface area contributed by atoms with Crippen LogP contribution >= 0.6 is 15.9 Å². The highest BCUT2D eigenvalue weighted by molar-refractivity contribution is 9.10. The van der Waals surface area contributed by atoms with Crippen LogP contribution < -0.4 is 15.4 Å². The first-order valence-corrected chi connectivity index (χ1v) is 9.84. The number of ether oxygens (including phenoxy) is 1. The molecule has 1 atom stereocenters. The minimum absolute atomic E-state index is 0.0920. The molecule has 4 amide bonds. The number of methoxy groups -OCH3 is 1. The maximum absolute atomic E-state index is 13.0. The lowest BCUT2D eigenvalue weighted by Gasteiger charge is -2.29. The van der Waals surface area contributed by atoms with Gasteiger partial charge in [0.05, 0.1) is 18.1 Å². The van der Waals surface area contributed by atoms with E-state index in [4.69, 9.17) is 9.15 Å². The summed E-state index contributed by atoms with van der Waals surface area (Å²) in [7, 11) is 1.53. The normalized spacial score (nSPS) is 20.5. The molecule has 3 aromatic rings. The van der Waals surface area contributed by atoms with Crippen molar-refractivity contribution in [3.05, 3.63) is 58.0 Å². The summed E-state index contributed by atoms with van der Waals surface area (Å²) < 4.78 is 11.8. The number of amides is 4. The third-order valence-electron chi connectivity index (χ3n) is 5.37. The summed E-state index contributed by atoms with van der Waals surface area (Å²) in [4.78, 5) is 43.6. The SMILES string of the molecule is COc1ccc2c(c1)C(=O)N(CC1(c3cc4cncc(Br)c4o3)NC(=O)NC1=O)C2. The first kappa shape index (κ1) is 18.6. The summed E-state index contributed by atoms with van der Waals surface area (Å²) in [6.45, 7) is 0.208. The van der Waals surface area contributed by atoms with Gasteiger partial charge in [-0.2, -0.15) is 0 Å². The zero-order chi connectivity index (χ0) is 21.0. The zero-order valence-corrected chi connectivity index (χ0v) is 17.3. The molecule has 4 heterocycles. The van der Waals surface area contributed by atoms with E-state index < -0.39 is 17.5 Å². The number of carbonyl (C=O) groups is 3. The summed E-state index contributed by atoms with van der Waals surface area (Å²) in [5.41, 5.74) is 0.259. The predicted octanol–water partition coefficient (Wildman–Crippen LogP) is 2.29. The van der Waals surface area contributed by atoms with Gasteiger partial charge < -0.3 is 19.4 Å². The Labute approximate surface area is 178 Å². The molecule has 0 aliphatic carbocycles. The van der Waals surface area contributed by atoms with Gasteiger partial charge in [-0.3, -0.25) is 19.9 Å². The van der Waals surface area contributed by atoms with Crippen LogP contribution in [0.1, 0.15) is 21.7 Å². The Kier molecular flexibility index (Phi) is 4.07. The van der Waals surface area contributed by atoms with Gasteiger partial charge in [0.2, 0.25) is 0 Å². The minimum atomic E-state index is -1.56. The molecule has 0 radical (unpaired) electrons. The highest BCUT2D eigenvalue weighted by Crippen LogP contribution is 2.36. The monoisotopic (exact) mass is 470 g/mol. The second-order valence-electron chi connectivity index (χ2n) is 7.15. The Hall–Kier alpha value is -3.40. The second-order valence-corrected chi connectivity index (χ2v) is 8.00. The fraction of sp³-hybridized carbons (Fsp3) is 0.200. The van der Waals surface area contributed by atoms with Crippen molar-refractivity contribution in [1.29, 1.82) is 0 Å². The van der Waals surface area contributed by atoms with Gasteiger partial charge in [-0.05, 0) is 39.7 Å². The smallest absolute Gasteiger partial charge is 0.322 e. The number of aromatic nitrogens is 1. The van der Waals surface area contributed by atoms with E-state index >= 15 is 0 Å². The molecular weight excluding hydrogens is 456 g/mol. The summed E-state index contributed by atoms with van der Waals surface area (Å²) in [5.74, 6) is -0.0516. The number of hydrogen-bond acceptors (Lipinski definition) is 6. The van der Waals surface area contributed by atoms with Crippen molar-refractivity contribution >= 4 is 44.7 Å². The molecule has 10 heteroatoms. The number of fused-ring (bicyclic) bond motifs is 2. The van der Waals surface area contributed by atoms with Gasteiger partial charge >= 0.3 is 6.03 Å². The van der Waals surface area contributed by atoms with Gasteiger partial charge in [0.25, 0.3) is 11.8 Å². The van der Waals surface area contributed by atoms with Gasteiger partial charge in [0, 0.05) is 29.9 Å². The minimum Gasteiger partial charge on any atom is -0.497 e. The first-order valence-electron chi connectivity index (χ1n) is 9.04. The molecule has 152 valence electrons. The highest BCUT2D eigenvalue weighted by Gasteiger charge is 2.53. The maximum Gasteiger partial charge on any atom is 0.322 e. The Morgan fingerprint density at radius 2 is 2.10 bits per heavy atom. The molecule has 1 unspecified atom stereocenters. The van der Waals surface area contributed by atoms with Crippen LogP contribution in [-0.4, -0.2) is 41.4 Å². The van der Waals surface area contributed by atoms with Crippen LogP contribution in [0, 0.1) is 0 Å². The van der Waals surface area contributed by atoms with Crippen molar-refractivity contribution < 1.29 is 23.5 Å². The molecule has 0 bridgehead atoms. The van der Waals surface area contributed by atoms with E-state index in [-0.39, 0.29) is 18.2 Å². The standard InChI is InChI=1S/C20H15BrN4O5/c1-29-12-3-2-10-8-25(17(26)13(10)5-12)9-20(18(27)23-19(28)24-20)15-4-11-6-22-7-14(21)16(11)30-15/h2-7H,8-9H2,1H3,(H2,23,24,27,28). The molecule has 1 fully saturated rings. The zero-order valence-electron chi connectivity index (χ0n) is 15.7. The molecular formula is C20H15BrN4O5. The first-order chi connectivity index (χ1) is 14.4. The highest BCUT2D eigenvalue weighted by atomic mass is 79.9. The van der Waals surface area contributed by atoms with Crippen LogP contribution in [0.4, 0.5) is 4.79 Å². The topological polar surface area (TPSA) is 114 Å². The number of hydrogen-bond donors (Lipinski definition) is 2. The summed E-state index contributed by atoms with van der Waals surface area (Å²) in [6, 6.07) is 6.26. The molecule has 0 saturated carbocycles. The average molecular weight is 471 g/mol. The number of nitrogens with zero attached hydrogens (tertiary/aromatic N) is 2. The van der Waals surface area contributed by atoms with Crippen LogP contribution in [0.3, 0.4) is 0 Å². The summed E-state index contributed by atoms with van der Waals surface area (Å²) >= 11 is 3.37. The largest absolute Gasteiger partial charge is 0.497 e. The van der Waals surface area contributed by atoms with Crippen molar-refractivity contribution in [2.45, 2.75) is 12.1 Å². The van der Waals surface area contributed by atoms with Gasteiger partial charge in [-0.15, -0.1) is 0 Å². The number of benzene rings is 1. The van der Waals surface area contributed by atoms with E-state index in [0.29, 0.717) is 33.3 Å². The fourth-order valence-corrected chi connectivity index (χ4v) is 4.30. The van der Waals surface area contributed by atoms with Crippen LogP contribution in [0.5, 0.6) is 5.75 Å². The van der Waals surface area contributed by atoms with Gasteiger partial charge in [-0.25, -0.2) is 4.79 Å². The van der Waals surface area contributed by atoms with Gasteiger partial charge in [0.15, 0.2) is 11.1 Å². The molecule has 1 aromatic carbocycles. The van der Waals surface area contributed by atoms with Crippen molar-refractivity contribution in [3.63, 3.8) is 0 Å². The van der Waals surface area contributed by atoms with Crippen LogP contribution in [0.15, 0.2) is 45.5 Å². The van der Waals surface area contributed by atoms with E-state index in [1.807, 2.05) is 6.07 Å².